The van der Waals surface area contributed by atoms with Gasteiger partial charge in [0.05, 0.1) is 18.0 Å². The highest BCUT2D eigenvalue weighted by Gasteiger charge is 2.44. The van der Waals surface area contributed by atoms with Gasteiger partial charge in [-0.3, -0.25) is 0 Å². The predicted octanol–water partition coefficient (Wildman–Crippen LogP) is -0.0520. The van der Waals surface area contributed by atoms with Gasteiger partial charge in [-0.1, -0.05) is 0 Å². The first-order chi connectivity index (χ1) is 10.0. The third-order valence-electron chi connectivity index (χ3n) is 4.46. The van der Waals surface area contributed by atoms with Gasteiger partial charge in [-0.15, -0.1) is 0 Å². The van der Waals surface area contributed by atoms with Crippen LogP contribution in [0.2, 0.25) is 0 Å². The van der Waals surface area contributed by atoms with E-state index < -0.39 is 10.2 Å². The zero-order valence-corrected chi connectivity index (χ0v) is 13.1. The smallest absolute Gasteiger partial charge is 0.282 e. The lowest BCUT2D eigenvalue weighted by molar-refractivity contribution is 0.101. The molecule has 2 fully saturated rings. The molecule has 3 heterocycles. The van der Waals surface area contributed by atoms with Crippen LogP contribution in [0.4, 0.5) is 0 Å². The summed E-state index contributed by atoms with van der Waals surface area (Å²) in [6.07, 6.45) is 3.29. The molecule has 1 N–H and O–H groups in total. The minimum Gasteiger partial charge on any atom is -0.379 e. The Morgan fingerprint density at radius 3 is 2.81 bits per heavy atom. The first-order valence-corrected chi connectivity index (χ1v) is 8.59. The van der Waals surface area contributed by atoms with Crippen molar-refractivity contribution >= 4 is 10.2 Å². The summed E-state index contributed by atoms with van der Waals surface area (Å²) in [6, 6.07) is 0.0714. The molecule has 0 radical (unpaired) electrons. The molecule has 1 aromatic heterocycles. The van der Waals surface area contributed by atoms with Gasteiger partial charge < -0.3 is 4.74 Å². The Morgan fingerprint density at radius 1 is 1.43 bits per heavy atom. The molecule has 9 heteroatoms. The van der Waals surface area contributed by atoms with Gasteiger partial charge in [0.2, 0.25) is 0 Å². The number of aromatic nitrogens is 3. The van der Waals surface area contributed by atoms with E-state index in [-0.39, 0.29) is 18.1 Å². The summed E-state index contributed by atoms with van der Waals surface area (Å²) < 4.78 is 34.1. The quantitative estimate of drug-likeness (QED) is 0.841. The summed E-state index contributed by atoms with van der Waals surface area (Å²) in [6.45, 7) is 3.31. The molecule has 0 bridgehead atoms. The van der Waals surface area contributed by atoms with Crippen molar-refractivity contribution in [3.63, 3.8) is 0 Å². The zero-order valence-electron chi connectivity index (χ0n) is 12.3. The molecule has 3 atom stereocenters. The normalized spacial score (nSPS) is 32.0. The van der Waals surface area contributed by atoms with E-state index >= 15 is 0 Å². The molecular formula is C12H21N5O3S. The van der Waals surface area contributed by atoms with Crippen molar-refractivity contribution in [1.82, 2.24) is 24.0 Å². The van der Waals surface area contributed by atoms with Crippen LogP contribution in [-0.2, 0) is 14.9 Å². The minimum absolute atomic E-state index is 0.0714. The Labute approximate surface area is 124 Å². The molecule has 118 valence electrons. The van der Waals surface area contributed by atoms with Crippen molar-refractivity contribution < 1.29 is 13.2 Å². The Morgan fingerprint density at radius 2 is 2.24 bits per heavy atom. The molecule has 0 aromatic carbocycles. The van der Waals surface area contributed by atoms with E-state index in [1.165, 1.54) is 4.31 Å². The molecule has 0 spiro atoms. The average molecular weight is 315 g/mol. The number of nitrogens with zero attached hydrogens (tertiary/aromatic N) is 4. The fourth-order valence-electron chi connectivity index (χ4n) is 3.24. The van der Waals surface area contributed by atoms with Gasteiger partial charge in [-0.05, 0) is 19.8 Å². The third kappa shape index (κ3) is 2.59. The molecule has 1 unspecified atom stereocenters. The topological polar surface area (TPSA) is 91.4 Å². The molecule has 8 nitrogen and oxygen atoms in total. The van der Waals surface area contributed by atoms with Crippen molar-refractivity contribution in [3.05, 3.63) is 11.9 Å². The Hall–Kier alpha value is -1.03. The second-order valence-electron chi connectivity index (χ2n) is 5.70. The number of aromatic amines is 1. The number of methoxy groups -OCH3 is 1. The van der Waals surface area contributed by atoms with Gasteiger partial charge in [-0.2, -0.15) is 32.4 Å². The number of hydrogen-bond donors (Lipinski definition) is 1. The van der Waals surface area contributed by atoms with Crippen LogP contribution in [0.5, 0.6) is 0 Å². The number of ether oxygens (including phenoxy) is 1. The summed E-state index contributed by atoms with van der Waals surface area (Å²) in [5, 5.41) is 10.4. The van der Waals surface area contributed by atoms with E-state index in [0.29, 0.717) is 19.6 Å². The number of H-pyrrole nitrogens is 1. The summed E-state index contributed by atoms with van der Waals surface area (Å²) in [7, 11) is -1.82. The summed E-state index contributed by atoms with van der Waals surface area (Å²) in [4.78, 5) is 0. The lowest BCUT2D eigenvalue weighted by Crippen LogP contribution is -2.44. The maximum atomic E-state index is 12.8. The van der Waals surface area contributed by atoms with Crippen LogP contribution in [0.25, 0.3) is 0 Å². The molecule has 3 rings (SSSR count). The molecule has 21 heavy (non-hydrogen) atoms. The van der Waals surface area contributed by atoms with Crippen LogP contribution < -0.4 is 0 Å². The highest BCUT2D eigenvalue weighted by atomic mass is 32.2. The molecule has 2 saturated heterocycles. The molecule has 0 amide bonds. The van der Waals surface area contributed by atoms with E-state index in [4.69, 9.17) is 4.74 Å². The van der Waals surface area contributed by atoms with Crippen molar-refractivity contribution in [2.75, 3.05) is 26.7 Å². The lowest BCUT2D eigenvalue weighted by Gasteiger charge is -2.26. The highest BCUT2D eigenvalue weighted by molar-refractivity contribution is 7.86. The fourth-order valence-corrected chi connectivity index (χ4v) is 5.14. The van der Waals surface area contributed by atoms with Gasteiger partial charge in [0.1, 0.15) is 0 Å². The molecule has 0 saturated carbocycles. The maximum absolute atomic E-state index is 12.8. The van der Waals surface area contributed by atoms with Crippen LogP contribution in [0, 0.1) is 0 Å². The summed E-state index contributed by atoms with van der Waals surface area (Å²) in [5.41, 5.74) is 0.744. The summed E-state index contributed by atoms with van der Waals surface area (Å²) >= 11 is 0. The van der Waals surface area contributed by atoms with E-state index in [1.807, 2.05) is 6.92 Å². The molecule has 2 aliphatic rings. The average Bonchev–Trinajstić information content (AvgIpc) is 3.17. The van der Waals surface area contributed by atoms with E-state index in [9.17, 15) is 8.42 Å². The number of rotatable bonds is 4. The van der Waals surface area contributed by atoms with Crippen LogP contribution >= 0.6 is 0 Å². The van der Waals surface area contributed by atoms with Crippen molar-refractivity contribution in [1.29, 1.82) is 0 Å². The lowest BCUT2D eigenvalue weighted by atomic mass is 10.0. The largest absolute Gasteiger partial charge is 0.379 e. The SMILES string of the molecule is CO[C@@H]1CN(S(=O)(=O)N2CCCC2C)C[C@H]1c1cn[nH]n1. The number of hydrogen-bond acceptors (Lipinski definition) is 5. The number of nitrogens with one attached hydrogen (secondary N) is 1. The Balaban J connectivity index is 1.81. The Kier molecular flexibility index (Phi) is 4.00. The van der Waals surface area contributed by atoms with Crippen LogP contribution in [0.1, 0.15) is 31.4 Å². The molecule has 1 aromatic rings. The van der Waals surface area contributed by atoms with E-state index in [2.05, 4.69) is 15.4 Å². The first kappa shape index (κ1) is 14.9. The fraction of sp³-hybridized carbons (Fsp3) is 0.833. The second-order valence-corrected chi connectivity index (χ2v) is 7.58. The van der Waals surface area contributed by atoms with Gasteiger partial charge in [0, 0.05) is 38.7 Å². The minimum atomic E-state index is -3.43. The van der Waals surface area contributed by atoms with Crippen LogP contribution in [0.15, 0.2) is 6.20 Å². The standard InChI is InChI=1S/C12H21N5O3S/c1-9-4-3-5-17(9)21(18,19)16-7-10(12(8-16)20-2)11-6-13-15-14-11/h6,9-10,12H,3-5,7-8H2,1-2H3,(H,13,14,15)/t9?,10-,12+/m0/s1. The van der Waals surface area contributed by atoms with Crippen molar-refractivity contribution in [2.45, 2.75) is 37.8 Å². The van der Waals surface area contributed by atoms with Gasteiger partial charge in [-0.25, -0.2) is 0 Å². The van der Waals surface area contributed by atoms with E-state index in [1.54, 1.807) is 17.6 Å². The molecule has 2 aliphatic heterocycles. The molecular weight excluding hydrogens is 294 g/mol. The van der Waals surface area contributed by atoms with Gasteiger partial charge in [0.25, 0.3) is 10.2 Å². The van der Waals surface area contributed by atoms with Gasteiger partial charge >= 0.3 is 0 Å². The van der Waals surface area contributed by atoms with E-state index in [0.717, 1.165) is 18.5 Å². The maximum Gasteiger partial charge on any atom is 0.282 e. The third-order valence-corrected chi connectivity index (χ3v) is 6.55. The van der Waals surface area contributed by atoms with Crippen LogP contribution in [-0.4, -0.2) is 71.3 Å². The van der Waals surface area contributed by atoms with Crippen molar-refractivity contribution in [2.24, 2.45) is 0 Å². The zero-order chi connectivity index (χ0) is 15.0. The second kappa shape index (κ2) is 5.64. The Bertz CT molecular complexity index is 576. The predicted molar refractivity (Wildman–Crippen MR) is 75.8 cm³/mol. The van der Waals surface area contributed by atoms with Crippen molar-refractivity contribution in [3.8, 4) is 0 Å². The van der Waals surface area contributed by atoms with Crippen LogP contribution in [0.3, 0.4) is 0 Å². The first-order valence-electron chi connectivity index (χ1n) is 7.19. The van der Waals surface area contributed by atoms with Gasteiger partial charge in [0.15, 0.2) is 0 Å². The highest BCUT2D eigenvalue weighted by Crippen LogP contribution is 2.32. The summed E-state index contributed by atoms with van der Waals surface area (Å²) in [5.74, 6) is -0.0820. The monoisotopic (exact) mass is 315 g/mol. The molecule has 0 aliphatic carbocycles.